The lowest BCUT2D eigenvalue weighted by Crippen LogP contribution is -2.00. The number of aromatic carboxylic acids is 1. The van der Waals surface area contributed by atoms with Crippen LogP contribution in [0.2, 0.25) is 10.0 Å². The van der Waals surface area contributed by atoms with Gasteiger partial charge < -0.3 is 9.84 Å². The molecule has 0 saturated carbocycles. The minimum Gasteiger partial charge on any atom is -0.478 e. The molecule has 2 rings (SSSR count). The molecule has 0 aromatic heterocycles. The Bertz CT molecular complexity index is 639. The molecule has 1 N–H and O–H groups in total. The summed E-state index contributed by atoms with van der Waals surface area (Å²) in [5, 5.41) is 10.1. The van der Waals surface area contributed by atoms with E-state index < -0.39 is 5.97 Å². The van der Waals surface area contributed by atoms with Crippen LogP contribution in [0.3, 0.4) is 0 Å². The van der Waals surface area contributed by atoms with Crippen molar-refractivity contribution in [2.24, 2.45) is 0 Å². The smallest absolute Gasteiger partial charge is 0.339 e. The fourth-order valence-corrected chi connectivity index (χ4v) is 2.00. The Kier molecular flexibility index (Phi) is 3.98. The number of hydrogen-bond donors (Lipinski definition) is 1. The fraction of sp³-hybridized carbons (Fsp3) is 0.0714. The lowest BCUT2D eigenvalue weighted by atomic mass is 10.2. The first kappa shape index (κ1) is 13.7. The van der Waals surface area contributed by atoms with Gasteiger partial charge in [-0.2, -0.15) is 0 Å². The molecule has 3 nitrogen and oxygen atoms in total. The molecular weight excluding hydrogens is 287 g/mol. The summed E-state index contributed by atoms with van der Waals surface area (Å²) in [4.78, 5) is 11.1. The number of hydrogen-bond acceptors (Lipinski definition) is 2. The van der Waals surface area contributed by atoms with Gasteiger partial charge in [-0.3, -0.25) is 0 Å². The van der Waals surface area contributed by atoms with Gasteiger partial charge in [0.15, 0.2) is 0 Å². The first-order chi connectivity index (χ1) is 8.97. The average molecular weight is 297 g/mol. The third kappa shape index (κ3) is 3.19. The Hall–Kier alpha value is -1.71. The van der Waals surface area contributed by atoms with E-state index >= 15 is 0 Å². The van der Waals surface area contributed by atoms with E-state index in [1.807, 2.05) is 6.92 Å². The van der Waals surface area contributed by atoms with Gasteiger partial charge in [0, 0.05) is 10.0 Å². The van der Waals surface area contributed by atoms with Gasteiger partial charge in [-0.25, -0.2) is 4.79 Å². The molecule has 0 radical (unpaired) electrons. The van der Waals surface area contributed by atoms with E-state index in [0.717, 1.165) is 5.56 Å². The number of carboxylic acid groups (broad SMARTS) is 1. The Morgan fingerprint density at radius 1 is 1.05 bits per heavy atom. The molecule has 98 valence electrons. The topological polar surface area (TPSA) is 46.5 Å². The number of carboxylic acids is 1. The van der Waals surface area contributed by atoms with E-state index in [9.17, 15) is 4.79 Å². The van der Waals surface area contributed by atoms with Crippen LogP contribution in [0.15, 0.2) is 36.4 Å². The predicted molar refractivity (Wildman–Crippen MR) is 74.7 cm³/mol. The van der Waals surface area contributed by atoms with Crippen LogP contribution in [0.4, 0.5) is 0 Å². The minimum atomic E-state index is -1.09. The Labute approximate surface area is 120 Å². The summed E-state index contributed by atoms with van der Waals surface area (Å²) in [6.07, 6.45) is 0. The first-order valence-corrected chi connectivity index (χ1v) is 6.20. The maximum atomic E-state index is 11.1. The molecule has 0 spiro atoms. The summed E-state index contributed by atoms with van der Waals surface area (Å²) in [5.74, 6) is -0.305. The second-order valence-electron chi connectivity index (χ2n) is 3.96. The second kappa shape index (κ2) is 5.51. The Morgan fingerprint density at radius 3 is 2.21 bits per heavy atom. The normalized spacial score (nSPS) is 10.3. The molecule has 0 aliphatic carbocycles. The molecule has 5 heteroatoms. The predicted octanol–water partition coefficient (Wildman–Crippen LogP) is 4.79. The lowest BCUT2D eigenvalue weighted by molar-refractivity contribution is 0.0694. The molecule has 0 heterocycles. The van der Waals surface area contributed by atoms with Crippen LogP contribution < -0.4 is 4.74 Å². The molecule has 0 bridgehead atoms. The Morgan fingerprint density at radius 2 is 1.63 bits per heavy atom. The number of rotatable bonds is 3. The van der Waals surface area contributed by atoms with Gasteiger partial charge in [-0.1, -0.05) is 23.2 Å². The van der Waals surface area contributed by atoms with Gasteiger partial charge in [-0.05, 0) is 48.9 Å². The first-order valence-electron chi connectivity index (χ1n) is 5.44. The highest BCUT2D eigenvalue weighted by Gasteiger charge is 2.13. The zero-order chi connectivity index (χ0) is 14.0. The molecule has 0 aliphatic heterocycles. The molecule has 2 aromatic rings. The van der Waals surface area contributed by atoms with Gasteiger partial charge in [-0.15, -0.1) is 0 Å². The van der Waals surface area contributed by atoms with Crippen LogP contribution in [0.25, 0.3) is 0 Å². The molecule has 0 saturated heterocycles. The van der Waals surface area contributed by atoms with Crippen LogP contribution >= 0.6 is 23.2 Å². The van der Waals surface area contributed by atoms with E-state index in [-0.39, 0.29) is 11.3 Å². The van der Waals surface area contributed by atoms with E-state index in [1.54, 1.807) is 24.3 Å². The van der Waals surface area contributed by atoms with Crippen LogP contribution in [0.5, 0.6) is 11.5 Å². The van der Waals surface area contributed by atoms with Crippen LogP contribution in [-0.4, -0.2) is 11.1 Å². The number of halogens is 2. The monoisotopic (exact) mass is 296 g/mol. The Balaban J connectivity index is 2.40. The van der Waals surface area contributed by atoms with Gasteiger partial charge in [0.25, 0.3) is 0 Å². The highest BCUT2D eigenvalue weighted by Crippen LogP contribution is 2.31. The van der Waals surface area contributed by atoms with Crippen molar-refractivity contribution in [2.45, 2.75) is 6.92 Å². The number of ether oxygens (including phenoxy) is 1. The highest BCUT2D eigenvalue weighted by atomic mass is 35.5. The van der Waals surface area contributed by atoms with Crippen molar-refractivity contribution >= 4 is 29.2 Å². The van der Waals surface area contributed by atoms with Crippen molar-refractivity contribution < 1.29 is 14.6 Å². The third-order valence-corrected chi connectivity index (χ3v) is 3.00. The number of benzene rings is 2. The van der Waals surface area contributed by atoms with E-state index in [1.165, 1.54) is 12.1 Å². The molecule has 0 amide bonds. The van der Waals surface area contributed by atoms with Crippen LogP contribution in [0, 0.1) is 6.92 Å². The summed E-state index contributed by atoms with van der Waals surface area (Å²) in [7, 11) is 0. The summed E-state index contributed by atoms with van der Waals surface area (Å²) in [6.45, 7) is 1.83. The van der Waals surface area contributed by atoms with Gasteiger partial charge >= 0.3 is 5.97 Å². The lowest BCUT2D eigenvalue weighted by Gasteiger charge is -2.11. The van der Waals surface area contributed by atoms with Gasteiger partial charge in [0.05, 0.1) is 0 Å². The maximum absolute atomic E-state index is 11.1. The number of carbonyl (C=O) groups is 1. The van der Waals surface area contributed by atoms with E-state index in [2.05, 4.69) is 0 Å². The van der Waals surface area contributed by atoms with Crippen molar-refractivity contribution in [3.8, 4) is 11.5 Å². The van der Waals surface area contributed by atoms with Crippen molar-refractivity contribution in [1.82, 2.24) is 0 Å². The van der Waals surface area contributed by atoms with Gasteiger partial charge in [0.2, 0.25) is 0 Å². The summed E-state index contributed by atoms with van der Waals surface area (Å²) in [6, 6.07) is 9.57. The largest absolute Gasteiger partial charge is 0.478 e. The number of aryl methyl sites for hydroxylation is 1. The van der Waals surface area contributed by atoms with Crippen molar-refractivity contribution in [3.63, 3.8) is 0 Å². The second-order valence-corrected chi connectivity index (χ2v) is 4.83. The average Bonchev–Trinajstić information content (AvgIpc) is 2.34. The molecule has 2 aromatic carbocycles. The highest BCUT2D eigenvalue weighted by molar-refractivity contribution is 6.31. The standard InChI is InChI=1S/C14H10Cl2O3/c1-8-6-9(15)2-4-12(8)19-13-5-3-10(16)7-11(13)14(17)18/h2-7H,1H3,(H,17,18). The third-order valence-electron chi connectivity index (χ3n) is 2.53. The fourth-order valence-electron chi connectivity index (χ4n) is 1.60. The van der Waals surface area contributed by atoms with Crippen molar-refractivity contribution in [3.05, 3.63) is 57.6 Å². The molecule has 0 atom stereocenters. The molecule has 0 fully saturated rings. The molecule has 0 aliphatic rings. The van der Waals surface area contributed by atoms with Crippen molar-refractivity contribution in [1.29, 1.82) is 0 Å². The van der Waals surface area contributed by atoms with E-state index in [4.69, 9.17) is 33.0 Å². The van der Waals surface area contributed by atoms with Crippen molar-refractivity contribution in [2.75, 3.05) is 0 Å². The molecular formula is C14H10Cl2O3. The van der Waals surface area contributed by atoms with Crippen LogP contribution in [-0.2, 0) is 0 Å². The van der Waals surface area contributed by atoms with Crippen LogP contribution in [0.1, 0.15) is 15.9 Å². The summed E-state index contributed by atoms with van der Waals surface area (Å²) < 4.78 is 5.61. The quantitative estimate of drug-likeness (QED) is 0.885. The van der Waals surface area contributed by atoms with E-state index in [0.29, 0.717) is 15.8 Å². The SMILES string of the molecule is Cc1cc(Cl)ccc1Oc1ccc(Cl)cc1C(=O)O. The zero-order valence-corrected chi connectivity index (χ0v) is 11.5. The maximum Gasteiger partial charge on any atom is 0.339 e. The van der Waals surface area contributed by atoms with Gasteiger partial charge in [0.1, 0.15) is 17.1 Å². The molecule has 0 unspecified atom stereocenters. The molecule has 19 heavy (non-hydrogen) atoms. The minimum absolute atomic E-state index is 0.0156. The summed E-state index contributed by atoms with van der Waals surface area (Å²) in [5.41, 5.74) is 0.834. The summed E-state index contributed by atoms with van der Waals surface area (Å²) >= 11 is 11.6. The zero-order valence-electron chi connectivity index (χ0n) is 9.98.